The van der Waals surface area contributed by atoms with Gasteiger partial charge in [-0.05, 0) is 27.3 Å². The molecular weight excluding hydrogens is 430 g/mol. The Morgan fingerprint density at radius 3 is 2.55 bits per heavy atom. The summed E-state index contributed by atoms with van der Waals surface area (Å²) in [6.07, 6.45) is 2.03. The molecular formula is C23H24F2N6O2. The number of fused-ring (bicyclic) bond motifs is 1. The van der Waals surface area contributed by atoms with Gasteiger partial charge in [0.05, 0.1) is 0 Å². The smallest absolute Gasteiger partial charge is 0.326 e. The standard InChI is InChI=1S/C23H24F2N6O2/c1-13-8-15-16(9-13)22(25)18(11-17(15)24)32-23-27-19(26-20-10-14(2)33-29-20)12-21(28-23)31-6-4-30(3)5-7-31/h9-12H,4-8H2,1-3H3,(H,26,27,28,29). The third kappa shape index (κ3) is 4.38. The van der Waals surface area contributed by atoms with Crippen LogP contribution in [0.25, 0.3) is 6.08 Å². The zero-order chi connectivity index (χ0) is 23.1. The number of nitrogens with one attached hydrogen (secondary N) is 1. The van der Waals surface area contributed by atoms with Crippen molar-refractivity contribution in [3.05, 3.63) is 52.3 Å². The SMILES string of the molecule is CC1=Cc2c(F)c(Oc3nc(Nc4cc(C)on4)cc(N4CCN(C)CC4)n3)cc(F)c2C1. The van der Waals surface area contributed by atoms with E-state index in [1.807, 2.05) is 6.92 Å². The second kappa shape index (κ2) is 8.43. The highest BCUT2D eigenvalue weighted by atomic mass is 19.1. The average molecular weight is 454 g/mol. The van der Waals surface area contributed by atoms with Crippen LogP contribution in [0.4, 0.5) is 26.2 Å². The number of anilines is 3. The molecule has 33 heavy (non-hydrogen) atoms. The molecule has 0 atom stereocenters. The Bertz CT molecular complexity index is 1230. The first kappa shape index (κ1) is 21.3. The molecule has 1 aliphatic carbocycles. The minimum absolute atomic E-state index is 0.0916. The van der Waals surface area contributed by atoms with E-state index in [0.29, 0.717) is 35.2 Å². The van der Waals surface area contributed by atoms with Crippen LogP contribution in [0.15, 0.2) is 28.3 Å². The number of hydrogen-bond donors (Lipinski definition) is 1. The number of likely N-dealkylation sites (N-methyl/N-ethyl adjacent to an activating group) is 1. The molecule has 0 saturated carbocycles. The summed E-state index contributed by atoms with van der Waals surface area (Å²) in [4.78, 5) is 13.2. The molecule has 172 valence electrons. The van der Waals surface area contributed by atoms with Crippen LogP contribution in [-0.2, 0) is 6.42 Å². The molecule has 1 aliphatic heterocycles. The molecule has 1 saturated heterocycles. The van der Waals surface area contributed by atoms with E-state index in [9.17, 15) is 4.39 Å². The van der Waals surface area contributed by atoms with Crippen molar-refractivity contribution in [1.82, 2.24) is 20.0 Å². The normalized spacial score (nSPS) is 16.0. The molecule has 0 spiro atoms. The van der Waals surface area contributed by atoms with Gasteiger partial charge in [0.15, 0.2) is 17.4 Å². The predicted octanol–water partition coefficient (Wildman–Crippen LogP) is 4.30. The second-order valence-corrected chi connectivity index (χ2v) is 8.46. The van der Waals surface area contributed by atoms with E-state index in [2.05, 4.69) is 37.3 Å². The van der Waals surface area contributed by atoms with Gasteiger partial charge in [0.25, 0.3) is 0 Å². The fourth-order valence-electron chi connectivity index (χ4n) is 4.02. The largest absolute Gasteiger partial charge is 0.421 e. The zero-order valence-electron chi connectivity index (χ0n) is 18.7. The monoisotopic (exact) mass is 454 g/mol. The van der Waals surface area contributed by atoms with Crippen LogP contribution < -0.4 is 15.0 Å². The lowest BCUT2D eigenvalue weighted by atomic mass is 10.1. The van der Waals surface area contributed by atoms with Gasteiger partial charge in [0, 0.05) is 55.5 Å². The quantitative estimate of drug-likeness (QED) is 0.612. The maximum atomic E-state index is 15.1. The molecule has 10 heteroatoms. The number of piperazine rings is 1. The van der Waals surface area contributed by atoms with Crippen molar-refractivity contribution >= 4 is 23.5 Å². The van der Waals surface area contributed by atoms with Gasteiger partial charge < -0.3 is 24.4 Å². The summed E-state index contributed by atoms with van der Waals surface area (Å²) in [5, 5.41) is 6.99. The molecule has 0 amide bonds. The molecule has 1 N–H and O–H groups in total. The highest BCUT2D eigenvalue weighted by molar-refractivity contribution is 5.66. The van der Waals surface area contributed by atoms with E-state index >= 15 is 4.39 Å². The zero-order valence-corrected chi connectivity index (χ0v) is 18.7. The van der Waals surface area contributed by atoms with Gasteiger partial charge in [-0.15, -0.1) is 0 Å². The number of halogens is 2. The first-order chi connectivity index (χ1) is 15.9. The second-order valence-electron chi connectivity index (χ2n) is 8.46. The van der Waals surface area contributed by atoms with Crippen LogP contribution >= 0.6 is 0 Å². The Morgan fingerprint density at radius 2 is 1.82 bits per heavy atom. The number of aromatic nitrogens is 3. The first-order valence-electron chi connectivity index (χ1n) is 10.7. The van der Waals surface area contributed by atoms with E-state index in [-0.39, 0.29) is 17.3 Å². The topological polar surface area (TPSA) is 79.5 Å². The van der Waals surface area contributed by atoms with Gasteiger partial charge in [0.1, 0.15) is 23.2 Å². The molecule has 0 bridgehead atoms. The number of ether oxygens (including phenoxy) is 1. The van der Waals surface area contributed by atoms with Crippen LogP contribution in [0.1, 0.15) is 23.8 Å². The Labute approximate surface area is 189 Å². The predicted molar refractivity (Wildman–Crippen MR) is 120 cm³/mol. The maximum Gasteiger partial charge on any atom is 0.326 e. The van der Waals surface area contributed by atoms with Crippen molar-refractivity contribution in [2.45, 2.75) is 20.3 Å². The van der Waals surface area contributed by atoms with Crippen molar-refractivity contribution < 1.29 is 18.0 Å². The van der Waals surface area contributed by atoms with E-state index in [0.717, 1.165) is 37.8 Å². The highest BCUT2D eigenvalue weighted by Gasteiger charge is 2.24. The van der Waals surface area contributed by atoms with Crippen LogP contribution in [0.2, 0.25) is 0 Å². The van der Waals surface area contributed by atoms with Crippen molar-refractivity contribution in [3.63, 3.8) is 0 Å². The number of allylic oxidation sites excluding steroid dienone is 1. The summed E-state index contributed by atoms with van der Waals surface area (Å²) in [5.41, 5.74) is 1.45. The van der Waals surface area contributed by atoms with Crippen molar-refractivity contribution in [2.24, 2.45) is 0 Å². The summed E-state index contributed by atoms with van der Waals surface area (Å²) in [7, 11) is 2.06. The molecule has 2 aliphatic rings. The Hall–Kier alpha value is -3.53. The number of aryl methyl sites for hydroxylation is 1. The molecule has 3 aromatic rings. The summed E-state index contributed by atoms with van der Waals surface area (Å²) in [5.74, 6) is 0.738. The van der Waals surface area contributed by atoms with Crippen molar-refractivity contribution in [1.29, 1.82) is 0 Å². The molecule has 0 radical (unpaired) electrons. The van der Waals surface area contributed by atoms with E-state index in [4.69, 9.17) is 9.26 Å². The first-order valence-corrected chi connectivity index (χ1v) is 10.7. The molecule has 1 aromatic carbocycles. The summed E-state index contributed by atoms with van der Waals surface area (Å²) in [6, 6.07) is 4.46. The molecule has 1 fully saturated rings. The molecule has 2 aromatic heterocycles. The lowest BCUT2D eigenvalue weighted by Crippen LogP contribution is -2.44. The van der Waals surface area contributed by atoms with Gasteiger partial charge in [-0.1, -0.05) is 16.8 Å². The third-order valence-corrected chi connectivity index (χ3v) is 5.78. The van der Waals surface area contributed by atoms with E-state index in [1.165, 1.54) is 0 Å². The summed E-state index contributed by atoms with van der Waals surface area (Å²) in [6.45, 7) is 6.90. The van der Waals surface area contributed by atoms with Gasteiger partial charge in [-0.2, -0.15) is 9.97 Å². The Kier molecular flexibility index (Phi) is 5.45. The minimum atomic E-state index is -0.626. The fraction of sp³-hybridized carbons (Fsp3) is 0.348. The average Bonchev–Trinajstić information content (AvgIpc) is 3.37. The van der Waals surface area contributed by atoms with Gasteiger partial charge >= 0.3 is 6.01 Å². The van der Waals surface area contributed by atoms with Gasteiger partial charge in [-0.25, -0.2) is 8.78 Å². The Morgan fingerprint density at radius 1 is 1.03 bits per heavy atom. The molecule has 8 nitrogen and oxygen atoms in total. The number of benzene rings is 1. The lowest BCUT2D eigenvalue weighted by molar-refractivity contribution is 0.311. The summed E-state index contributed by atoms with van der Waals surface area (Å²) >= 11 is 0. The fourth-order valence-corrected chi connectivity index (χ4v) is 4.02. The van der Waals surface area contributed by atoms with Gasteiger partial charge in [-0.3, -0.25) is 0 Å². The third-order valence-electron chi connectivity index (χ3n) is 5.78. The number of nitrogens with zero attached hydrogens (tertiary/aromatic N) is 5. The number of hydrogen-bond acceptors (Lipinski definition) is 8. The van der Waals surface area contributed by atoms with Crippen LogP contribution in [0, 0.1) is 18.6 Å². The van der Waals surface area contributed by atoms with Crippen molar-refractivity contribution in [2.75, 3.05) is 43.4 Å². The highest BCUT2D eigenvalue weighted by Crippen LogP contribution is 2.36. The summed E-state index contributed by atoms with van der Waals surface area (Å²) < 4.78 is 40.5. The van der Waals surface area contributed by atoms with Crippen LogP contribution in [0.3, 0.4) is 0 Å². The van der Waals surface area contributed by atoms with Crippen LogP contribution in [0.5, 0.6) is 11.8 Å². The van der Waals surface area contributed by atoms with Crippen molar-refractivity contribution in [3.8, 4) is 11.8 Å². The minimum Gasteiger partial charge on any atom is -0.421 e. The Balaban J connectivity index is 1.50. The van der Waals surface area contributed by atoms with E-state index < -0.39 is 11.6 Å². The molecule has 5 rings (SSSR count). The lowest BCUT2D eigenvalue weighted by Gasteiger charge is -2.33. The molecule has 3 heterocycles. The van der Waals surface area contributed by atoms with Gasteiger partial charge in [0.2, 0.25) is 0 Å². The van der Waals surface area contributed by atoms with Crippen LogP contribution in [-0.4, -0.2) is 53.3 Å². The maximum absolute atomic E-state index is 15.1. The van der Waals surface area contributed by atoms with E-state index in [1.54, 1.807) is 25.1 Å². The number of rotatable bonds is 5. The molecule has 0 unspecified atom stereocenters.